The van der Waals surface area contributed by atoms with Crippen LogP contribution < -0.4 is 10.5 Å². The van der Waals surface area contributed by atoms with Gasteiger partial charge in [-0.1, -0.05) is 31.9 Å². The molecule has 0 radical (unpaired) electrons. The minimum atomic E-state index is 0.327. The predicted octanol–water partition coefficient (Wildman–Crippen LogP) is 3.28. The topological polar surface area (TPSA) is 38.5 Å². The van der Waals surface area contributed by atoms with Crippen LogP contribution in [0.5, 0.6) is 5.75 Å². The monoisotopic (exact) mass is 290 g/mol. The summed E-state index contributed by atoms with van der Waals surface area (Å²) < 4.78 is 5.21. The first kappa shape index (κ1) is 16.3. The van der Waals surface area contributed by atoms with Crippen LogP contribution in [-0.2, 0) is 6.54 Å². The van der Waals surface area contributed by atoms with Crippen molar-refractivity contribution in [2.24, 2.45) is 17.1 Å². The molecule has 1 aromatic rings. The quantitative estimate of drug-likeness (QED) is 0.874. The Morgan fingerprint density at radius 3 is 2.38 bits per heavy atom. The van der Waals surface area contributed by atoms with Crippen LogP contribution in [0.25, 0.3) is 0 Å². The van der Waals surface area contributed by atoms with Gasteiger partial charge < -0.3 is 15.4 Å². The summed E-state index contributed by atoms with van der Waals surface area (Å²) in [5, 5.41) is 0. The zero-order chi connectivity index (χ0) is 15.3. The second kappa shape index (κ2) is 7.28. The minimum Gasteiger partial charge on any atom is -0.497 e. The van der Waals surface area contributed by atoms with Crippen molar-refractivity contribution in [2.45, 2.75) is 39.2 Å². The van der Waals surface area contributed by atoms with Gasteiger partial charge in [-0.15, -0.1) is 0 Å². The van der Waals surface area contributed by atoms with Gasteiger partial charge in [-0.3, -0.25) is 0 Å². The van der Waals surface area contributed by atoms with Crippen LogP contribution in [0.15, 0.2) is 24.3 Å². The number of nitrogens with zero attached hydrogens (tertiary/aromatic N) is 1. The molecule has 1 aromatic carbocycles. The maximum absolute atomic E-state index is 6.12. The summed E-state index contributed by atoms with van der Waals surface area (Å²) in [5.41, 5.74) is 7.78. The lowest BCUT2D eigenvalue weighted by Crippen LogP contribution is -2.43. The van der Waals surface area contributed by atoms with Crippen molar-refractivity contribution in [3.63, 3.8) is 0 Å². The van der Waals surface area contributed by atoms with E-state index in [2.05, 4.69) is 31.0 Å². The van der Waals surface area contributed by atoms with Crippen molar-refractivity contribution in [1.82, 2.24) is 4.90 Å². The summed E-state index contributed by atoms with van der Waals surface area (Å²) in [6, 6.07) is 8.36. The highest BCUT2D eigenvalue weighted by Crippen LogP contribution is 2.38. The van der Waals surface area contributed by atoms with E-state index in [0.29, 0.717) is 5.41 Å². The van der Waals surface area contributed by atoms with Crippen LogP contribution in [0.3, 0.4) is 0 Å². The zero-order valence-corrected chi connectivity index (χ0v) is 13.8. The summed E-state index contributed by atoms with van der Waals surface area (Å²) in [5.74, 6) is 1.79. The molecule has 0 aromatic heterocycles. The van der Waals surface area contributed by atoms with E-state index < -0.39 is 0 Å². The minimum absolute atomic E-state index is 0.327. The number of benzene rings is 1. The first-order valence-corrected chi connectivity index (χ1v) is 8.08. The molecule has 0 unspecified atom stereocenters. The zero-order valence-electron chi connectivity index (χ0n) is 13.8. The number of hydrogen-bond donors (Lipinski definition) is 1. The number of ether oxygens (including phenoxy) is 1. The van der Waals surface area contributed by atoms with Gasteiger partial charge in [-0.05, 0) is 55.5 Å². The van der Waals surface area contributed by atoms with Gasteiger partial charge in [0.05, 0.1) is 7.11 Å². The van der Waals surface area contributed by atoms with Gasteiger partial charge in [0.25, 0.3) is 0 Å². The molecule has 3 nitrogen and oxygen atoms in total. The van der Waals surface area contributed by atoms with Gasteiger partial charge in [0.15, 0.2) is 0 Å². The van der Waals surface area contributed by atoms with E-state index in [9.17, 15) is 0 Å². The van der Waals surface area contributed by atoms with Crippen molar-refractivity contribution in [3.05, 3.63) is 29.8 Å². The van der Waals surface area contributed by atoms with Gasteiger partial charge in [0.1, 0.15) is 5.75 Å². The number of nitrogens with two attached hydrogens (primary N) is 1. The average Bonchev–Trinajstić information content (AvgIpc) is 2.50. The van der Waals surface area contributed by atoms with Gasteiger partial charge in [0, 0.05) is 13.1 Å². The molecule has 0 bridgehead atoms. The third-order valence-electron chi connectivity index (χ3n) is 4.98. The Labute approximate surface area is 129 Å². The largest absolute Gasteiger partial charge is 0.497 e. The molecule has 0 heterocycles. The number of rotatable bonds is 6. The average molecular weight is 290 g/mol. The lowest BCUT2D eigenvalue weighted by molar-refractivity contribution is 0.105. The molecule has 0 atom stereocenters. The molecule has 1 aliphatic rings. The molecule has 3 heteroatoms. The number of hydrogen-bond acceptors (Lipinski definition) is 3. The van der Waals surface area contributed by atoms with Gasteiger partial charge in [-0.2, -0.15) is 0 Å². The molecule has 1 aliphatic carbocycles. The molecular weight excluding hydrogens is 260 g/mol. The van der Waals surface area contributed by atoms with Crippen LogP contribution in [0.2, 0.25) is 0 Å². The number of methoxy groups -OCH3 is 1. The van der Waals surface area contributed by atoms with Crippen LogP contribution in [0, 0.1) is 11.3 Å². The molecule has 2 rings (SSSR count). The molecule has 118 valence electrons. The standard InChI is InChI=1S/C18H30N2O/c1-15-8-10-18(13-19,11-9-15)14-20(2)12-16-4-6-17(21-3)7-5-16/h4-7,15H,8-14,19H2,1-3H3. The van der Waals surface area contributed by atoms with Crippen LogP contribution in [0.1, 0.15) is 38.2 Å². The lowest BCUT2D eigenvalue weighted by Gasteiger charge is -2.41. The van der Waals surface area contributed by atoms with Crippen molar-refractivity contribution in [1.29, 1.82) is 0 Å². The third kappa shape index (κ3) is 4.45. The van der Waals surface area contributed by atoms with Crippen LogP contribution >= 0.6 is 0 Å². The molecule has 0 amide bonds. The molecule has 2 N–H and O–H groups in total. The van der Waals surface area contributed by atoms with E-state index in [1.54, 1.807) is 7.11 Å². The van der Waals surface area contributed by atoms with Crippen molar-refractivity contribution >= 4 is 0 Å². The Morgan fingerprint density at radius 1 is 1.24 bits per heavy atom. The van der Waals surface area contributed by atoms with E-state index in [4.69, 9.17) is 10.5 Å². The molecule has 0 spiro atoms. The van der Waals surface area contributed by atoms with Crippen molar-refractivity contribution in [3.8, 4) is 5.75 Å². The first-order valence-electron chi connectivity index (χ1n) is 8.08. The highest BCUT2D eigenvalue weighted by atomic mass is 16.5. The van der Waals surface area contributed by atoms with Gasteiger partial charge in [-0.25, -0.2) is 0 Å². The first-order chi connectivity index (χ1) is 10.1. The maximum Gasteiger partial charge on any atom is 0.118 e. The Morgan fingerprint density at radius 2 is 1.86 bits per heavy atom. The molecule has 0 saturated heterocycles. The SMILES string of the molecule is COc1ccc(CN(C)CC2(CN)CCC(C)CC2)cc1. The summed E-state index contributed by atoms with van der Waals surface area (Å²) in [6.45, 7) is 5.25. The third-order valence-corrected chi connectivity index (χ3v) is 4.98. The fourth-order valence-corrected chi connectivity index (χ4v) is 3.47. The summed E-state index contributed by atoms with van der Waals surface area (Å²) >= 11 is 0. The van der Waals surface area contributed by atoms with E-state index in [1.807, 2.05) is 12.1 Å². The summed E-state index contributed by atoms with van der Waals surface area (Å²) in [6.07, 6.45) is 5.20. The molecule has 1 fully saturated rings. The van der Waals surface area contributed by atoms with Crippen molar-refractivity contribution < 1.29 is 4.74 Å². The predicted molar refractivity (Wildman–Crippen MR) is 88.4 cm³/mol. The normalized spacial score (nSPS) is 26.0. The summed E-state index contributed by atoms with van der Waals surface area (Å²) in [4.78, 5) is 2.42. The Bertz CT molecular complexity index is 421. The van der Waals surface area contributed by atoms with E-state index in [1.165, 1.54) is 31.2 Å². The van der Waals surface area contributed by atoms with E-state index in [-0.39, 0.29) is 0 Å². The highest BCUT2D eigenvalue weighted by Gasteiger charge is 2.33. The molecule has 1 saturated carbocycles. The fourth-order valence-electron chi connectivity index (χ4n) is 3.47. The Kier molecular flexibility index (Phi) is 5.65. The summed E-state index contributed by atoms with van der Waals surface area (Å²) in [7, 11) is 3.91. The van der Waals surface area contributed by atoms with Gasteiger partial charge in [0.2, 0.25) is 0 Å². The second-order valence-electron chi connectivity index (χ2n) is 6.91. The highest BCUT2D eigenvalue weighted by molar-refractivity contribution is 5.27. The van der Waals surface area contributed by atoms with Crippen molar-refractivity contribution in [2.75, 3.05) is 27.2 Å². The molecule has 0 aliphatic heterocycles. The van der Waals surface area contributed by atoms with E-state index in [0.717, 1.165) is 31.3 Å². The van der Waals surface area contributed by atoms with Crippen LogP contribution in [-0.4, -0.2) is 32.1 Å². The molecule has 21 heavy (non-hydrogen) atoms. The van der Waals surface area contributed by atoms with Gasteiger partial charge >= 0.3 is 0 Å². The Balaban J connectivity index is 1.91. The van der Waals surface area contributed by atoms with E-state index >= 15 is 0 Å². The fraction of sp³-hybridized carbons (Fsp3) is 0.667. The Hall–Kier alpha value is -1.06. The van der Waals surface area contributed by atoms with Crippen LogP contribution in [0.4, 0.5) is 0 Å². The second-order valence-corrected chi connectivity index (χ2v) is 6.91. The lowest BCUT2D eigenvalue weighted by atomic mass is 9.70. The molecular formula is C18H30N2O. The smallest absolute Gasteiger partial charge is 0.118 e. The maximum atomic E-state index is 6.12.